The van der Waals surface area contributed by atoms with E-state index in [9.17, 15) is 9.59 Å². The fourth-order valence-electron chi connectivity index (χ4n) is 4.54. The monoisotopic (exact) mass is 487 g/mol. The largest absolute Gasteiger partial charge is 0.497 e. The van der Waals surface area contributed by atoms with Gasteiger partial charge in [0.15, 0.2) is 0 Å². The minimum absolute atomic E-state index is 0.0126. The second-order valence-electron chi connectivity index (χ2n) is 8.29. The van der Waals surface area contributed by atoms with Crippen molar-refractivity contribution < 1.29 is 19.1 Å². The van der Waals surface area contributed by atoms with Crippen LogP contribution in [0.1, 0.15) is 25.8 Å². The van der Waals surface area contributed by atoms with Crippen molar-refractivity contribution in [2.75, 3.05) is 24.9 Å². The number of ether oxygens (including phenoxy) is 2. The summed E-state index contributed by atoms with van der Waals surface area (Å²) in [5, 5.41) is 9.46. The number of halogens is 1. The van der Waals surface area contributed by atoms with Crippen LogP contribution in [0.2, 0.25) is 0 Å². The number of methoxy groups -OCH3 is 2. The minimum atomic E-state index is -1.13. The zero-order valence-corrected chi connectivity index (χ0v) is 19.5. The Hall–Kier alpha value is -2.58. The van der Waals surface area contributed by atoms with Crippen LogP contribution in [-0.2, 0) is 15.1 Å². The van der Waals surface area contributed by atoms with E-state index in [2.05, 4.69) is 45.7 Å². The molecule has 1 fully saturated rings. The molecule has 3 atom stereocenters. The van der Waals surface area contributed by atoms with Crippen LogP contribution in [0.15, 0.2) is 40.9 Å². The lowest BCUT2D eigenvalue weighted by molar-refractivity contribution is -0.130. The number of benzene rings is 2. The standard InChI is InChI=1S/C23H26BrN3O4/c1-12(2)18-11-16(21(28)25-19-10-14(30-3)6-8-20(19)31-4)23(27-18)15-9-13(24)5-7-17(15)26-22(23)29/h5-10,12,16,18,27H,11H2,1-4H3,(H,25,28)(H,26,29)/t16-,18-,23+/m0/s1. The van der Waals surface area contributed by atoms with Crippen LogP contribution in [0.4, 0.5) is 11.4 Å². The summed E-state index contributed by atoms with van der Waals surface area (Å²) < 4.78 is 11.6. The Labute approximate surface area is 190 Å². The molecule has 0 unspecified atom stereocenters. The highest BCUT2D eigenvalue weighted by Crippen LogP contribution is 2.49. The molecule has 1 saturated heterocycles. The first-order valence-electron chi connectivity index (χ1n) is 10.2. The molecule has 2 aliphatic heterocycles. The van der Waals surface area contributed by atoms with Gasteiger partial charge in [-0.1, -0.05) is 29.8 Å². The molecule has 0 aliphatic carbocycles. The number of fused-ring (bicyclic) bond motifs is 2. The first-order valence-corrected chi connectivity index (χ1v) is 11.0. The van der Waals surface area contributed by atoms with Gasteiger partial charge in [-0.2, -0.15) is 0 Å². The molecule has 2 amide bonds. The van der Waals surface area contributed by atoms with Gasteiger partial charge < -0.3 is 20.1 Å². The molecule has 0 bridgehead atoms. The number of anilines is 2. The summed E-state index contributed by atoms with van der Waals surface area (Å²) in [6.45, 7) is 4.18. The Bertz CT molecular complexity index is 1040. The lowest BCUT2D eigenvalue weighted by atomic mass is 9.79. The van der Waals surface area contributed by atoms with Crippen molar-refractivity contribution in [2.24, 2.45) is 11.8 Å². The maximum atomic E-state index is 13.6. The first-order chi connectivity index (χ1) is 14.8. The van der Waals surface area contributed by atoms with Crippen molar-refractivity contribution in [3.05, 3.63) is 46.4 Å². The van der Waals surface area contributed by atoms with E-state index in [1.807, 2.05) is 18.2 Å². The van der Waals surface area contributed by atoms with Gasteiger partial charge in [-0.15, -0.1) is 0 Å². The third-order valence-corrected chi connectivity index (χ3v) is 6.72. The van der Waals surface area contributed by atoms with Gasteiger partial charge in [-0.25, -0.2) is 0 Å². The van der Waals surface area contributed by atoms with E-state index in [4.69, 9.17) is 9.47 Å². The average molecular weight is 488 g/mol. The Morgan fingerprint density at radius 1 is 1.19 bits per heavy atom. The Kier molecular flexibility index (Phi) is 5.70. The van der Waals surface area contributed by atoms with Crippen molar-refractivity contribution in [1.82, 2.24) is 5.32 Å². The van der Waals surface area contributed by atoms with E-state index >= 15 is 0 Å². The molecular weight excluding hydrogens is 462 g/mol. The molecule has 2 aromatic rings. The van der Waals surface area contributed by atoms with Crippen LogP contribution in [0.5, 0.6) is 11.5 Å². The Morgan fingerprint density at radius 2 is 1.97 bits per heavy atom. The summed E-state index contributed by atoms with van der Waals surface area (Å²) >= 11 is 3.51. The summed E-state index contributed by atoms with van der Waals surface area (Å²) in [6.07, 6.45) is 0.537. The van der Waals surface area contributed by atoms with Crippen molar-refractivity contribution in [1.29, 1.82) is 0 Å². The van der Waals surface area contributed by atoms with E-state index in [0.717, 1.165) is 15.7 Å². The van der Waals surface area contributed by atoms with Gasteiger partial charge in [0, 0.05) is 27.8 Å². The van der Waals surface area contributed by atoms with Crippen LogP contribution in [0.3, 0.4) is 0 Å². The number of amides is 2. The molecule has 1 spiro atoms. The highest BCUT2D eigenvalue weighted by Gasteiger charge is 2.60. The van der Waals surface area contributed by atoms with E-state index in [1.54, 1.807) is 32.4 Å². The second kappa shape index (κ2) is 8.16. The minimum Gasteiger partial charge on any atom is -0.497 e. The normalized spacial score (nSPS) is 24.3. The number of nitrogens with one attached hydrogen (secondary N) is 3. The molecule has 31 heavy (non-hydrogen) atoms. The number of carbonyl (C=O) groups is 2. The Morgan fingerprint density at radius 3 is 2.65 bits per heavy atom. The summed E-state index contributed by atoms with van der Waals surface area (Å²) in [7, 11) is 3.11. The van der Waals surface area contributed by atoms with Gasteiger partial charge in [-0.3, -0.25) is 14.9 Å². The number of hydrogen-bond donors (Lipinski definition) is 3. The lowest BCUT2D eigenvalue weighted by Crippen LogP contribution is -2.52. The molecule has 2 aromatic carbocycles. The number of hydrogen-bond acceptors (Lipinski definition) is 5. The highest BCUT2D eigenvalue weighted by atomic mass is 79.9. The third-order valence-electron chi connectivity index (χ3n) is 6.22. The average Bonchev–Trinajstić information content (AvgIpc) is 3.28. The molecule has 2 aliphatic rings. The second-order valence-corrected chi connectivity index (χ2v) is 9.21. The van der Waals surface area contributed by atoms with E-state index in [-0.39, 0.29) is 23.8 Å². The van der Waals surface area contributed by atoms with Crippen LogP contribution >= 0.6 is 15.9 Å². The lowest BCUT2D eigenvalue weighted by Gasteiger charge is -2.30. The zero-order valence-electron chi connectivity index (χ0n) is 17.9. The van der Waals surface area contributed by atoms with Crippen molar-refractivity contribution in [3.63, 3.8) is 0 Å². The predicted molar refractivity (Wildman–Crippen MR) is 122 cm³/mol. The van der Waals surface area contributed by atoms with Gasteiger partial charge in [0.1, 0.15) is 17.0 Å². The number of carbonyl (C=O) groups excluding carboxylic acids is 2. The van der Waals surface area contributed by atoms with Crippen LogP contribution in [0.25, 0.3) is 0 Å². The first kappa shape index (κ1) is 21.6. The van der Waals surface area contributed by atoms with Crippen LogP contribution in [-0.4, -0.2) is 32.1 Å². The molecule has 7 nitrogen and oxygen atoms in total. The maximum Gasteiger partial charge on any atom is 0.250 e. The molecular formula is C23H26BrN3O4. The van der Waals surface area contributed by atoms with Crippen molar-refractivity contribution in [3.8, 4) is 11.5 Å². The van der Waals surface area contributed by atoms with Gasteiger partial charge in [0.2, 0.25) is 11.8 Å². The summed E-state index contributed by atoms with van der Waals surface area (Å²) in [5.41, 5.74) is 0.877. The zero-order chi connectivity index (χ0) is 22.3. The predicted octanol–water partition coefficient (Wildman–Crippen LogP) is 3.89. The molecule has 3 N–H and O–H groups in total. The third kappa shape index (κ3) is 3.57. The fourth-order valence-corrected chi connectivity index (χ4v) is 4.90. The van der Waals surface area contributed by atoms with E-state index in [1.165, 1.54) is 0 Å². The number of rotatable bonds is 5. The molecule has 2 heterocycles. The smallest absolute Gasteiger partial charge is 0.250 e. The van der Waals surface area contributed by atoms with Gasteiger partial charge in [0.25, 0.3) is 0 Å². The molecule has 4 rings (SSSR count). The molecule has 164 valence electrons. The van der Waals surface area contributed by atoms with Crippen molar-refractivity contribution in [2.45, 2.75) is 31.8 Å². The summed E-state index contributed by atoms with van der Waals surface area (Å²) in [4.78, 5) is 26.9. The van der Waals surface area contributed by atoms with Crippen LogP contribution < -0.4 is 25.4 Å². The topological polar surface area (TPSA) is 88.7 Å². The van der Waals surface area contributed by atoms with E-state index in [0.29, 0.717) is 23.6 Å². The van der Waals surface area contributed by atoms with Crippen molar-refractivity contribution >= 4 is 39.1 Å². The Balaban J connectivity index is 1.75. The summed E-state index contributed by atoms with van der Waals surface area (Å²) in [5.74, 6) is 0.319. The molecule has 0 radical (unpaired) electrons. The maximum absolute atomic E-state index is 13.6. The fraction of sp³-hybridized carbons (Fsp3) is 0.391. The molecule has 0 saturated carbocycles. The highest BCUT2D eigenvalue weighted by molar-refractivity contribution is 9.10. The SMILES string of the molecule is COc1ccc(OC)c(NC(=O)[C@@H]2C[C@@H](C(C)C)N[C@@]23C(=O)Nc2ccc(Br)cc23)c1. The molecule has 8 heteroatoms. The summed E-state index contributed by atoms with van der Waals surface area (Å²) in [6, 6.07) is 10.9. The van der Waals surface area contributed by atoms with Gasteiger partial charge in [-0.05, 0) is 42.7 Å². The molecule has 0 aromatic heterocycles. The quantitative estimate of drug-likeness (QED) is 0.595. The van der Waals surface area contributed by atoms with Gasteiger partial charge >= 0.3 is 0 Å². The van der Waals surface area contributed by atoms with Gasteiger partial charge in [0.05, 0.1) is 25.8 Å². The van der Waals surface area contributed by atoms with E-state index < -0.39 is 11.5 Å². The van der Waals surface area contributed by atoms with Crippen LogP contribution in [0, 0.1) is 11.8 Å².